The standard InChI is InChI=1S/C12H22N2O3/c1-7(2)5-10(12(16)17-4)14-9-6-11(15)13-8(9)3/h7-10,14H,5-6H2,1-4H3,(H,13,15)/t8-,9-,10-/m0/s1. The zero-order valence-corrected chi connectivity index (χ0v) is 10.9. The number of carbonyl (C=O) groups excluding carboxylic acids is 2. The molecule has 1 saturated heterocycles. The lowest BCUT2D eigenvalue weighted by Crippen LogP contribution is -2.48. The third kappa shape index (κ3) is 4.00. The summed E-state index contributed by atoms with van der Waals surface area (Å²) in [6.07, 6.45) is 1.14. The summed E-state index contributed by atoms with van der Waals surface area (Å²) < 4.78 is 4.78. The third-order valence-electron chi connectivity index (χ3n) is 3.01. The minimum atomic E-state index is -0.333. The first-order valence-corrected chi connectivity index (χ1v) is 6.07. The Morgan fingerprint density at radius 3 is 2.65 bits per heavy atom. The van der Waals surface area contributed by atoms with Gasteiger partial charge in [-0.05, 0) is 19.3 Å². The van der Waals surface area contributed by atoms with Gasteiger partial charge in [0.1, 0.15) is 6.04 Å². The van der Waals surface area contributed by atoms with E-state index in [0.29, 0.717) is 18.8 Å². The molecule has 0 aromatic rings. The summed E-state index contributed by atoms with van der Waals surface area (Å²) in [5.74, 6) is 0.167. The highest BCUT2D eigenvalue weighted by molar-refractivity contribution is 5.80. The van der Waals surface area contributed by atoms with Crippen molar-refractivity contribution in [1.29, 1.82) is 0 Å². The van der Waals surface area contributed by atoms with Crippen molar-refractivity contribution in [1.82, 2.24) is 10.6 Å². The Morgan fingerprint density at radius 1 is 1.59 bits per heavy atom. The molecule has 0 aromatic carbocycles. The van der Waals surface area contributed by atoms with Gasteiger partial charge in [-0.1, -0.05) is 13.8 Å². The molecule has 0 unspecified atom stereocenters. The van der Waals surface area contributed by atoms with Gasteiger partial charge in [0, 0.05) is 18.5 Å². The van der Waals surface area contributed by atoms with Crippen molar-refractivity contribution < 1.29 is 14.3 Å². The van der Waals surface area contributed by atoms with Crippen LogP contribution in [0.3, 0.4) is 0 Å². The van der Waals surface area contributed by atoms with Crippen LogP contribution in [0.1, 0.15) is 33.6 Å². The van der Waals surface area contributed by atoms with Crippen LogP contribution >= 0.6 is 0 Å². The topological polar surface area (TPSA) is 67.4 Å². The first-order chi connectivity index (χ1) is 7.93. The Bertz CT molecular complexity index is 291. The van der Waals surface area contributed by atoms with Crippen molar-refractivity contribution in [3.63, 3.8) is 0 Å². The Labute approximate surface area is 102 Å². The Balaban J connectivity index is 2.59. The summed E-state index contributed by atoms with van der Waals surface area (Å²) in [5.41, 5.74) is 0. The Kier molecular flexibility index (Phi) is 4.93. The molecule has 0 spiro atoms. The van der Waals surface area contributed by atoms with Gasteiger partial charge >= 0.3 is 5.97 Å². The molecular formula is C12H22N2O3. The molecule has 1 heterocycles. The van der Waals surface area contributed by atoms with Crippen molar-refractivity contribution in [2.45, 2.75) is 51.7 Å². The lowest BCUT2D eigenvalue weighted by Gasteiger charge is -2.24. The predicted molar refractivity (Wildman–Crippen MR) is 64.4 cm³/mol. The normalized spacial score (nSPS) is 25.8. The number of methoxy groups -OCH3 is 1. The van der Waals surface area contributed by atoms with E-state index in [1.807, 2.05) is 6.92 Å². The lowest BCUT2D eigenvalue weighted by atomic mass is 10.0. The molecule has 0 bridgehead atoms. The number of nitrogens with one attached hydrogen (secondary N) is 2. The van der Waals surface area contributed by atoms with Crippen LogP contribution in [0.2, 0.25) is 0 Å². The first kappa shape index (κ1) is 14.0. The maximum Gasteiger partial charge on any atom is 0.322 e. The fraction of sp³-hybridized carbons (Fsp3) is 0.833. The minimum absolute atomic E-state index is 0.00495. The second-order valence-corrected chi connectivity index (χ2v) is 5.04. The lowest BCUT2D eigenvalue weighted by molar-refractivity contribution is -0.143. The molecule has 1 aliphatic rings. The molecule has 5 nitrogen and oxygen atoms in total. The second-order valence-electron chi connectivity index (χ2n) is 5.04. The fourth-order valence-corrected chi connectivity index (χ4v) is 2.10. The van der Waals surface area contributed by atoms with Gasteiger partial charge in [0.15, 0.2) is 0 Å². The predicted octanol–water partition coefficient (Wildman–Crippen LogP) is 0.441. The van der Waals surface area contributed by atoms with Gasteiger partial charge in [-0.25, -0.2) is 0 Å². The van der Waals surface area contributed by atoms with Crippen LogP contribution in [0.25, 0.3) is 0 Å². The summed E-state index contributed by atoms with van der Waals surface area (Å²) in [4.78, 5) is 22.9. The summed E-state index contributed by atoms with van der Waals surface area (Å²) >= 11 is 0. The van der Waals surface area contributed by atoms with Crippen LogP contribution in [0.5, 0.6) is 0 Å². The van der Waals surface area contributed by atoms with Gasteiger partial charge < -0.3 is 10.1 Å². The van der Waals surface area contributed by atoms with Crippen LogP contribution in [-0.4, -0.2) is 37.1 Å². The van der Waals surface area contributed by atoms with Gasteiger partial charge in [0.2, 0.25) is 5.91 Å². The quantitative estimate of drug-likeness (QED) is 0.687. The SMILES string of the molecule is COC(=O)[C@H](CC(C)C)N[C@H]1CC(=O)N[C@H]1C. The zero-order chi connectivity index (χ0) is 13.0. The number of carbonyl (C=O) groups is 2. The molecule has 1 amide bonds. The molecule has 1 fully saturated rings. The molecule has 98 valence electrons. The monoisotopic (exact) mass is 242 g/mol. The van der Waals surface area contributed by atoms with Crippen LogP contribution in [0.15, 0.2) is 0 Å². The smallest absolute Gasteiger partial charge is 0.322 e. The Hall–Kier alpha value is -1.10. The zero-order valence-electron chi connectivity index (χ0n) is 10.9. The van der Waals surface area contributed by atoms with E-state index in [0.717, 1.165) is 0 Å². The highest BCUT2D eigenvalue weighted by Crippen LogP contribution is 2.13. The van der Waals surface area contributed by atoms with Crippen LogP contribution in [0.4, 0.5) is 0 Å². The van der Waals surface area contributed by atoms with Crippen molar-refractivity contribution in [2.24, 2.45) is 5.92 Å². The number of rotatable bonds is 5. The van der Waals surface area contributed by atoms with Crippen molar-refractivity contribution in [3.8, 4) is 0 Å². The van der Waals surface area contributed by atoms with E-state index < -0.39 is 0 Å². The number of esters is 1. The summed E-state index contributed by atoms with van der Waals surface area (Å²) in [5, 5.41) is 6.05. The van der Waals surface area contributed by atoms with E-state index in [-0.39, 0.29) is 30.0 Å². The average Bonchev–Trinajstić information content (AvgIpc) is 2.54. The van der Waals surface area contributed by atoms with Crippen molar-refractivity contribution in [3.05, 3.63) is 0 Å². The van der Waals surface area contributed by atoms with Crippen LogP contribution < -0.4 is 10.6 Å². The van der Waals surface area contributed by atoms with Gasteiger partial charge in [-0.3, -0.25) is 14.9 Å². The molecule has 17 heavy (non-hydrogen) atoms. The van der Waals surface area contributed by atoms with Gasteiger partial charge in [0.25, 0.3) is 0 Å². The summed E-state index contributed by atoms with van der Waals surface area (Å²) in [6.45, 7) is 6.05. The average molecular weight is 242 g/mol. The first-order valence-electron chi connectivity index (χ1n) is 6.07. The van der Waals surface area contributed by atoms with E-state index >= 15 is 0 Å². The molecule has 1 aliphatic heterocycles. The van der Waals surface area contributed by atoms with Gasteiger partial charge in [0.05, 0.1) is 7.11 Å². The van der Waals surface area contributed by atoms with E-state index in [1.165, 1.54) is 7.11 Å². The molecule has 0 saturated carbocycles. The number of amides is 1. The van der Waals surface area contributed by atoms with Crippen molar-refractivity contribution >= 4 is 11.9 Å². The van der Waals surface area contributed by atoms with E-state index in [4.69, 9.17) is 4.74 Å². The minimum Gasteiger partial charge on any atom is -0.468 e. The molecular weight excluding hydrogens is 220 g/mol. The molecule has 5 heteroatoms. The molecule has 2 N–H and O–H groups in total. The molecule has 3 atom stereocenters. The highest BCUT2D eigenvalue weighted by Gasteiger charge is 2.32. The maximum atomic E-state index is 11.6. The molecule has 0 aromatic heterocycles. The van der Waals surface area contributed by atoms with Crippen LogP contribution in [-0.2, 0) is 14.3 Å². The summed E-state index contributed by atoms with van der Waals surface area (Å²) in [7, 11) is 1.39. The Morgan fingerprint density at radius 2 is 2.24 bits per heavy atom. The second kappa shape index (κ2) is 6.00. The maximum absolute atomic E-state index is 11.6. The van der Waals surface area contributed by atoms with E-state index in [9.17, 15) is 9.59 Å². The summed E-state index contributed by atoms with van der Waals surface area (Å²) in [6, 6.07) is -0.271. The van der Waals surface area contributed by atoms with E-state index in [1.54, 1.807) is 0 Å². The fourth-order valence-electron chi connectivity index (χ4n) is 2.10. The molecule has 0 radical (unpaired) electrons. The van der Waals surface area contributed by atoms with Gasteiger partial charge in [-0.15, -0.1) is 0 Å². The van der Waals surface area contributed by atoms with Gasteiger partial charge in [-0.2, -0.15) is 0 Å². The molecule has 0 aliphatic carbocycles. The van der Waals surface area contributed by atoms with Crippen molar-refractivity contribution in [2.75, 3.05) is 7.11 Å². The number of hydrogen-bond acceptors (Lipinski definition) is 4. The number of ether oxygens (including phenoxy) is 1. The third-order valence-corrected chi connectivity index (χ3v) is 3.01. The highest BCUT2D eigenvalue weighted by atomic mass is 16.5. The largest absolute Gasteiger partial charge is 0.468 e. The van der Waals surface area contributed by atoms with Crippen LogP contribution in [0, 0.1) is 5.92 Å². The number of hydrogen-bond donors (Lipinski definition) is 2. The van der Waals surface area contributed by atoms with E-state index in [2.05, 4.69) is 24.5 Å². The molecule has 1 rings (SSSR count).